The van der Waals surface area contributed by atoms with E-state index in [-0.39, 0.29) is 11.8 Å². The summed E-state index contributed by atoms with van der Waals surface area (Å²) >= 11 is 26.9. The maximum atomic E-state index is 13.7. The fourth-order valence-electron chi connectivity index (χ4n) is 13.0. The first-order valence-electron chi connectivity index (χ1n) is 25.1. The number of H-pyrrole nitrogens is 2. The van der Waals surface area contributed by atoms with Gasteiger partial charge in [0.25, 0.3) is 11.8 Å². The molecule has 2 fully saturated rings. The van der Waals surface area contributed by atoms with E-state index < -0.39 is 74.5 Å². The molecule has 0 aliphatic carbocycles. The number of nitrogens with one attached hydrogen (secondary N) is 2. The number of hydrogen-bond acceptors (Lipinski definition) is 12. The first-order chi connectivity index (χ1) is 37.6. The first kappa shape index (κ1) is 51.6. The van der Waals surface area contributed by atoms with Gasteiger partial charge in [0.2, 0.25) is 0 Å². The number of carbonyl (C=O) groups excluding carboxylic acids is 2. The summed E-state index contributed by atoms with van der Waals surface area (Å²) in [6.45, 7) is -0.0899. The van der Waals surface area contributed by atoms with E-state index in [4.69, 9.17) is 65.4 Å². The molecular weight excluding hydrogens is 1090 g/mol. The van der Waals surface area contributed by atoms with E-state index in [9.17, 15) is 40.2 Å². The molecule has 404 valence electrons. The average Bonchev–Trinajstić information content (AvgIpc) is 3.33. The predicted molar refractivity (Wildman–Crippen MR) is 297 cm³/mol. The van der Waals surface area contributed by atoms with Crippen LogP contribution in [0.1, 0.15) is 44.3 Å². The number of aliphatic hydroxyl groups excluding tert-OH is 6. The molecule has 4 aromatic heterocycles. The highest BCUT2D eigenvalue weighted by Gasteiger charge is 2.49. The molecule has 0 saturated carbocycles. The van der Waals surface area contributed by atoms with Crippen LogP contribution in [0.15, 0.2) is 72.8 Å². The number of fused-ring (bicyclic) bond motifs is 20. The lowest BCUT2D eigenvalue weighted by molar-refractivity contribution is -0.255. The van der Waals surface area contributed by atoms with Gasteiger partial charge in [0, 0.05) is 84.5 Å². The second-order valence-electron chi connectivity index (χ2n) is 20.4. The Morgan fingerprint density at radius 2 is 0.897 bits per heavy atom. The summed E-state index contributed by atoms with van der Waals surface area (Å²) < 4.78 is 26.7. The molecule has 6 aromatic carbocycles. The minimum absolute atomic E-state index is 0.103. The Bertz CT molecular complexity index is 4190. The number of aliphatic hydroxyl groups is 6. The van der Waals surface area contributed by atoms with E-state index >= 15 is 0 Å². The van der Waals surface area contributed by atoms with Crippen LogP contribution < -0.4 is 0 Å². The molecule has 8 heterocycles. The van der Waals surface area contributed by atoms with Gasteiger partial charge in [-0.15, -0.1) is 0 Å². The van der Waals surface area contributed by atoms with Gasteiger partial charge in [-0.1, -0.05) is 94.9 Å². The number of nitrogens with zero attached hydrogens (tertiary/aromatic N) is 4. The molecular formula is C56H50Cl4N6O12. The lowest BCUT2D eigenvalue weighted by Gasteiger charge is -2.42. The molecule has 2 amide bonds. The highest BCUT2D eigenvalue weighted by molar-refractivity contribution is 6.42. The number of methoxy groups -OCH3 is 2. The zero-order valence-electron chi connectivity index (χ0n) is 42.0. The molecule has 8 N–H and O–H groups in total. The Morgan fingerprint density at radius 1 is 0.513 bits per heavy atom. The number of rotatable bonds is 6. The minimum Gasteiger partial charge on any atom is -0.394 e. The van der Waals surface area contributed by atoms with Gasteiger partial charge in [-0.25, -0.2) is 0 Å². The smallest absolute Gasteiger partial charge is 0.254 e. The van der Waals surface area contributed by atoms with Gasteiger partial charge in [-0.05, 0) is 35.4 Å². The number of halogens is 4. The SMILES string of the molecule is CO[C@H]1[C@H](O)[C@@H](O)[C@H](n2c3c(Cl)cccc3c3c4c(c5c6cccc(Cl)c6[nH]c5c32)C(=O)N(C)C4)O[C@@H]1CO.CO[C@H]1[C@H](O)[C@@H](O)[C@H](n2c3c(Cl)cccc3c3c4c(c5c6cccc(Cl)c6[nH]c5c32)CN(C)C4=O)O[C@@H]1CO. The molecule has 78 heavy (non-hydrogen) atoms. The number of ether oxygens (including phenoxy) is 4. The van der Waals surface area contributed by atoms with E-state index in [2.05, 4.69) is 9.97 Å². The Morgan fingerprint density at radius 3 is 1.36 bits per heavy atom. The van der Waals surface area contributed by atoms with Crippen LogP contribution in [0.5, 0.6) is 0 Å². The van der Waals surface area contributed by atoms with Gasteiger partial charge in [0.1, 0.15) is 48.8 Å². The Kier molecular flexibility index (Phi) is 12.5. The van der Waals surface area contributed by atoms with Crippen LogP contribution in [0.25, 0.3) is 87.2 Å². The van der Waals surface area contributed by atoms with Gasteiger partial charge >= 0.3 is 0 Å². The van der Waals surface area contributed by atoms with Gasteiger partial charge in [-0.3, -0.25) is 9.59 Å². The normalized spacial score (nSPS) is 25.6. The molecule has 4 aliphatic rings. The van der Waals surface area contributed by atoms with Crippen molar-refractivity contribution in [2.24, 2.45) is 0 Å². The number of para-hydroxylation sites is 4. The molecule has 0 spiro atoms. The van der Waals surface area contributed by atoms with Crippen LogP contribution in [0.2, 0.25) is 20.1 Å². The summed E-state index contributed by atoms with van der Waals surface area (Å²) in [6.07, 6.45) is -11.6. The van der Waals surface area contributed by atoms with Crippen molar-refractivity contribution in [3.63, 3.8) is 0 Å². The van der Waals surface area contributed by atoms with Crippen molar-refractivity contribution in [3.8, 4) is 0 Å². The number of amides is 2. The summed E-state index contributed by atoms with van der Waals surface area (Å²) in [5.74, 6) is -0.238. The highest BCUT2D eigenvalue weighted by atomic mass is 35.5. The molecule has 22 heteroatoms. The third kappa shape index (κ3) is 7.07. The summed E-state index contributed by atoms with van der Waals surface area (Å²) in [5.41, 5.74) is 7.86. The average molecular weight is 1140 g/mol. The van der Waals surface area contributed by atoms with E-state index in [1.54, 1.807) is 63.4 Å². The van der Waals surface area contributed by atoms with Crippen molar-refractivity contribution in [1.29, 1.82) is 0 Å². The topological polar surface area (TPSA) is 240 Å². The monoisotopic (exact) mass is 1140 g/mol. The molecule has 10 atom stereocenters. The fraction of sp³-hybridized carbons (Fsp3) is 0.321. The maximum absolute atomic E-state index is 13.7. The number of hydrogen-bond donors (Lipinski definition) is 8. The van der Waals surface area contributed by atoms with Gasteiger partial charge < -0.3 is 78.5 Å². The summed E-state index contributed by atoms with van der Waals surface area (Å²) in [5, 5.41) is 72.9. The molecule has 18 nitrogen and oxygen atoms in total. The number of benzene rings is 6. The first-order valence-corrected chi connectivity index (χ1v) is 26.6. The van der Waals surface area contributed by atoms with Crippen LogP contribution in [0, 0.1) is 0 Å². The van der Waals surface area contributed by atoms with Crippen molar-refractivity contribution in [3.05, 3.63) is 115 Å². The second kappa shape index (κ2) is 18.9. The number of aromatic nitrogens is 4. The third-order valence-corrected chi connectivity index (χ3v) is 17.6. The molecule has 2 saturated heterocycles. The lowest BCUT2D eigenvalue weighted by Crippen LogP contribution is -2.57. The zero-order chi connectivity index (χ0) is 54.7. The van der Waals surface area contributed by atoms with E-state index in [0.717, 1.165) is 38.1 Å². The summed E-state index contributed by atoms with van der Waals surface area (Å²) in [4.78, 5) is 37.5. The molecule has 0 bridgehead atoms. The largest absolute Gasteiger partial charge is 0.394 e. The predicted octanol–water partition coefficient (Wildman–Crippen LogP) is 7.90. The second-order valence-corrected chi connectivity index (χ2v) is 22.1. The van der Waals surface area contributed by atoms with E-state index in [1.807, 2.05) is 42.5 Å². The van der Waals surface area contributed by atoms with Crippen LogP contribution >= 0.6 is 46.4 Å². The van der Waals surface area contributed by atoms with Gasteiger partial charge in [0.15, 0.2) is 12.5 Å². The van der Waals surface area contributed by atoms with Crippen molar-refractivity contribution >= 4 is 145 Å². The molecule has 0 radical (unpaired) electrons. The third-order valence-electron chi connectivity index (χ3n) is 16.3. The van der Waals surface area contributed by atoms with Crippen molar-refractivity contribution in [2.75, 3.05) is 41.5 Å². The zero-order valence-corrected chi connectivity index (χ0v) is 45.0. The number of carbonyl (C=O) groups is 2. The van der Waals surface area contributed by atoms with Crippen molar-refractivity contribution in [2.45, 2.75) is 74.4 Å². The molecule has 10 aromatic rings. The van der Waals surface area contributed by atoms with Crippen LogP contribution in [-0.2, 0) is 32.0 Å². The van der Waals surface area contributed by atoms with Crippen molar-refractivity contribution in [1.82, 2.24) is 28.9 Å². The molecule has 4 aliphatic heterocycles. The minimum atomic E-state index is -1.44. The lowest BCUT2D eigenvalue weighted by atomic mass is 9.96. The van der Waals surface area contributed by atoms with Crippen LogP contribution in [0.4, 0.5) is 0 Å². The van der Waals surface area contributed by atoms with E-state index in [1.165, 1.54) is 14.2 Å². The Balaban J connectivity index is 0.000000148. The van der Waals surface area contributed by atoms with Gasteiger partial charge in [0.05, 0.1) is 88.6 Å². The van der Waals surface area contributed by atoms with Crippen LogP contribution in [-0.4, -0.2) is 162 Å². The maximum Gasteiger partial charge on any atom is 0.254 e. The highest BCUT2D eigenvalue weighted by Crippen LogP contribution is 2.51. The number of aromatic amines is 2. The summed E-state index contributed by atoms with van der Waals surface area (Å²) in [6, 6.07) is 22.0. The Labute approximate surface area is 462 Å². The fourth-order valence-corrected chi connectivity index (χ4v) is 14.0. The standard InChI is InChI=1S/2C28H25Cl2N3O6/c1-32-9-13-17-12-6-4-8-15(30)22(12)33(28-25(36)24(35)26(38-2)16(10-34)39-28)23(17)21-18(19(13)27(32)37)11-5-3-7-14(29)20(11)31-21;1-32-9-13-17-11-5-3-7-14(29)20(11)31-21(17)23-18(19(13)27(32)37)12-6-4-8-15(30)22(12)33(23)28-25(36)24(35)26(38-2)16(10-34)39-28/h2*3-8,16,24-26,28,31,34-36H,9-10H2,1-2H3/t2*16-,24-,25-,26-,28-/m11/s1. The summed E-state index contributed by atoms with van der Waals surface area (Å²) in [7, 11) is 6.29. The van der Waals surface area contributed by atoms with E-state index in [0.29, 0.717) is 105 Å². The van der Waals surface area contributed by atoms with Crippen molar-refractivity contribution < 1.29 is 59.2 Å². The Hall–Kier alpha value is -5.78. The molecule has 14 rings (SSSR count). The van der Waals surface area contributed by atoms with Gasteiger partial charge in [-0.2, -0.15) is 0 Å². The quantitative estimate of drug-likeness (QED) is 0.0793. The molecule has 0 unspecified atom stereocenters. The van der Waals surface area contributed by atoms with Crippen LogP contribution in [0.3, 0.4) is 0 Å².